The first-order chi connectivity index (χ1) is 16.1. The first-order valence-corrected chi connectivity index (χ1v) is 11.0. The van der Waals surface area contributed by atoms with Crippen LogP contribution in [0.5, 0.6) is 5.88 Å². The van der Waals surface area contributed by atoms with Gasteiger partial charge in [-0.1, -0.05) is 24.3 Å². The van der Waals surface area contributed by atoms with Gasteiger partial charge in [0, 0.05) is 24.5 Å². The van der Waals surface area contributed by atoms with Crippen LogP contribution in [0.2, 0.25) is 0 Å². The van der Waals surface area contributed by atoms with Gasteiger partial charge in [0.15, 0.2) is 5.52 Å². The maximum absolute atomic E-state index is 11.5. The molecular weight excluding hydrogens is 452 g/mol. The van der Waals surface area contributed by atoms with Crippen molar-refractivity contribution in [3.63, 3.8) is 0 Å². The molecule has 2 aliphatic rings. The minimum absolute atomic E-state index is 0. The second-order valence-electron chi connectivity index (χ2n) is 8.45. The molecule has 2 fully saturated rings. The van der Waals surface area contributed by atoms with Crippen molar-refractivity contribution in [3.8, 4) is 23.2 Å². The van der Waals surface area contributed by atoms with Crippen LogP contribution in [0.15, 0.2) is 42.7 Å². The van der Waals surface area contributed by atoms with Gasteiger partial charge < -0.3 is 20.1 Å². The molecule has 10 heteroatoms. The number of hydrogen-bond acceptors (Lipinski definition) is 7. The lowest BCUT2D eigenvalue weighted by Crippen LogP contribution is -2.49. The number of carbonyl (C=O) groups excluding carboxylic acids is 1. The molecule has 2 aromatic heterocycles. The number of nitriles is 1. The molecule has 1 saturated heterocycles. The molecule has 0 unspecified atom stereocenters. The minimum atomic E-state index is -0.469. The van der Waals surface area contributed by atoms with Crippen molar-refractivity contribution in [3.05, 3.63) is 48.3 Å². The number of morpholine rings is 1. The fraction of sp³-hybridized carbons (Fsp3) is 0.375. The van der Waals surface area contributed by atoms with Gasteiger partial charge in [0.1, 0.15) is 12.7 Å². The summed E-state index contributed by atoms with van der Waals surface area (Å²) in [5, 5.41) is 9.61. The maximum Gasteiger partial charge on any atom is 0.314 e. The van der Waals surface area contributed by atoms with Crippen molar-refractivity contribution in [1.29, 1.82) is 5.26 Å². The van der Waals surface area contributed by atoms with Crippen molar-refractivity contribution >= 4 is 30.6 Å². The molecule has 1 aliphatic heterocycles. The lowest BCUT2D eigenvalue weighted by molar-refractivity contribution is -0.0346. The van der Waals surface area contributed by atoms with Gasteiger partial charge in [0.25, 0.3) is 0 Å². The highest BCUT2D eigenvalue weighted by Gasteiger charge is 2.38. The Balaban J connectivity index is 0.00000274. The van der Waals surface area contributed by atoms with Gasteiger partial charge in [-0.25, -0.2) is 14.8 Å². The smallest absolute Gasteiger partial charge is 0.314 e. The van der Waals surface area contributed by atoms with E-state index >= 15 is 0 Å². The summed E-state index contributed by atoms with van der Waals surface area (Å²) in [5.41, 5.74) is 8.91. The fourth-order valence-electron chi connectivity index (χ4n) is 4.34. The zero-order chi connectivity index (χ0) is 22.8. The molecule has 1 saturated carbocycles. The van der Waals surface area contributed by atoms with Crippen LogP contribution in [0.4, 0.5) is 4.79 Å². The molecule has 1 aromatic carbocycles. The van der Waals surface area contributed by atoms with E-state index < -0.39 is 6.03 Å². The molecule has 176 valence electrons. The Kier molecular flexibility index (Phi) is 6.86. The van der Waals surface area contributed by atoms with Gasteiger partial charge in [-0.3, -0.25) is 4.98 Å². The van der Waals surface area contributed by atoms with Crippen LogP contribution < -0.4 is 10.5 Å². The second kappa shape index (κ2) is 9.83. The number of ether oxygens (including phenoxy) is 2. The standard InChI is InChI=1S/C24H24N6O3.H2S/c25-15-24(6-1-7-24)17-4-2-16(3-5-17)19-12-20-21(28-9-8-27-20)22(29-19)33-14-18-13-30(23(26)31)10-11-32-18;/h2-5,8-9,12,18H,1,6-7,10-11,13-14H2,(H2,26,31);1H2/t18-;/m0./s1. The summed E-state index contributed by atoms with van der Waals surface area (Å²) in [6.07, 6.45) is 5.80. The Labute approximate surface area is 204 Å². The molecule has 9 nitrogen and oxygen atoms in total. The normalized spacial score (nSPS) is 18.9. The Hall–Kier alpha value is -3.42. The zero-order valence-corrected chi connectivity index (χ0v) is 19.6. The Morgan fingerprint density at radius 1 is 1.26 bits per heavy atom. The quantitative estimate of drug-likeness (QED) is 0.597. The maximum atomic E-state index is 11.5. The molecule has 0 radical (unpaired) electrons. The van der Waals surface area contributed by atoms with Gasteiger partial charge in [0.2, 0.25) is 5.88 Å². The Bertz CT molecular complexity index is 1230. The highest BCUT2D eigenvalue weighted by Crippen LogP contribution is 2.43. The van der Waals surface area contributed by atoms with E-state index in [9.17, 15) is 10.1 Å². The van der Waals surface area contributed by atoms with Gasteiger partial charge >= 0.3 is 6.03 Å². The van der Waals surface area contributed by atoms with Crippen molar-refractivity contribution < 1.29 is 14.3 Å². The van der Waals surface area contributed by atoms with Crippen molar-refractivity contribution in [2.75, 3.05) is 26.3 Å². The molecule has 0 spiro atoms. The van der Waals surface area contributed by atoms with E-state index in [-0.39, 0.29) is 31.6 Å². The number of nitrogens with zero attached hydrogens (tertiary/aromatic N) is 5. The second-order valence-corrected chi connectivity index (χ2v) is 8.45. The number of primary amides is 1. The topological polar surface area (TPSA) is 127 Å². The fourth-order valence-corrected chi connectivity index (χ4v) is 4.34. The van der Waals surface area contributed by atoms with E-state index in [0.717, 1.165) is 30.4 Å². The predicted octanol–water partition coefficient (Wildman–Crippen LogP) is 2.91. The number of nitrogens with two attached hydrogens (primary N) is 1. The molecule has 34 heavy (non-hydrogen) atoms. The third-order valence-corrected chi connectivity index (χ3v) is 6.44. The molecule has 3 aromatic rings. The van der Waals surface area contributed by atoms with Crippen LogP contribution in [0, 0.1) is 11.3 Å². The third kappa shape index (κ3) is 4.49. The van der Waals surface area contributed by atoms with Gasteiger partial charge in [0.05, 0.1) is 35.8 Å². The molecule has 2 N–H and O–H groups in total. The van der Waals surface area contributed by atoms with E-state index in [2.05, 4.69) is 16.0 Å². The number of carbonyl (C=O) groups is 1. The summed E-state index contributed by atoms with van der Waals surface area (Å²) in [5.74, 6) is 0.354. The molecule has 2 amide bonds. The SMILES string of the molecule is N#CC1(c2ccc(-c3cc4nccnc4c(OC[C@@H]4CN(C(N)=O)CCO4)n3)cc2)CCC1.S. The summed E-state index contributed by atoms with van der Waals surface area (Å²) in [6, 6.07) is 11.9. The summed E-state index contributed by atoms with van der Waals surface area (Å²) < 4.78 is 11.7. The van der Waals surface area contributed by atoms with Gasteiger partial charge in [-0.05, 0) is 30.9 Å². The molecule has 3 heterocycles. The number of benzene rings is 1. The summed E-state index contributed by atoms with van der Waals surface area (Å²) in [7, 11) is 0. The van der Waals surface area contributed by atoms with Crippen molar-refractivity contribution in [1.82, 2.24) is 19.9 Å². The van der Waals surface area contributed by atoms with Gasteiger partial charge in [-0.15, -0.1) is 0 Å². The van der Waals surface area contributed by atoms with Gasteiger partial charge in [-0.2, -0.15) is 18.8 Å². The van der Waals surface area contributed by atoms with E-state index in [0.29, 0.717) is 42.3 Å². The average Bonchev–Trinajstić information content (AvgIpc) is 2.82. The molecule has 5 rings (SSSR count). The summed E-state index contributed by atoms with van der Waals surface area (Å²) >= 11 is 0. The zero-order valence-electron chi connectivity index (χ0n) is 18.6. The minimum Gasteiger partial charge on any atom is -0.473 e. The number of urea groups is 1. The largest absolute Gasteiger partial charge is 0.473 e. The lowest BCUT2D eigenvalue weighted by atomic mass is 9.65. The van der Waals surface area contributed by atoms with Crippen LogP contribution >= 0.6 is 13.5 Å². The lowest BCUT2D eigenvalue weighted by Gasteiger charge is -2.35. The number of rotatable bonds is 5. The number of fused-ring (bicyclic) bond motifs is 1. The highest BCUT2D eigenvalue weighted by atomic mass is 32.1. The molecule has 0 bridgehead atoms. The van der Waals surface area contributed by atoms with Crippen LogP contribution in [0.1, 0.15) is 24.8 Å². The number of amides is 2. The first kappa shape index (κ1) is 23.7. The summed E-state index contributed by atoms with van der Waals surface area (Å²) in [4.78, 5) is 26.5. The Morgan fingerprint density at radius 3 is 2.71 bits per heavy atom. The van der Waals surface area contributed by atoms with Crippen LogP contribution in [-0.2, 0) is 10.2 Å². The Morgan fingerprint density at radius 2 is 2.03 bits per heavy atom. The molecule has 1 atom stereocenters. The number of hydrogen-bond donors (Lipinski definition) is 1. The highest BCUT2D eigenvalue weighted by molar-refractivity contribution is 7.59. The van der Waals surface area contributed by atoms with E-state index in [1.54, 1.807) is 12.4 Å². The predicted molar refractivity (Wildman–Crippen MR) is 131 cm³/mol. The van der Waals surface area contributed by atoms with E-state index in [1.165, 1.54) is 4.90 Å². The average molecular weight is 479 g/mol. The van der Waals surface area contributed by atoms with Crippen molar-refractivity contribution in [2.45, 2.75) is 30.8 Å². The van der Waals surface area contributed by atoms with Crippen LogP contribution in [0.3, 0.4) is 0 Å². The molecular formula is C24H26N6O3S. The summed E-state index contributed by atoms with van der Waals surface area (Å²) in [6.45, 7) is 1.44. The van der Waals surface area contributed by atoms with E-state index in [4.69, 9.17) is 20.2 Å². The number of pyridine rings is 1. The molecule has 1 aliphatic carbocycles. The van der Waals surface area contributed by atoms with Crippen LogP contribution in [0.25, 0.3) is 22.3 Å². The first-order valence-electron chi connectivity index (χ1n) is 11.0. The monoisotopic (exact) mass is 478 g/mol. The third-order valence-electron chi connectivity index (χ3n) is 6.44. The van der Waals surface area contributed by atoms with Crippen LogP contribution in [-0.4, -0.2) is 58.3 Å². The van der Waals surface area contributed by atoms with Crippen molar-refractivity contribution in [2.24, 2.45) is 5.73 Å². The number of aromatic nitrogens is 3. The van der Waals surface area contributed by atoms with E-state index in [1.807, 2.05) is 30.3 Å².